The van der Waals surface area contributed by atoms with Crippen LogP contribution in [-0.4, -0.2) is 7.11 Å². The van der Waals surface area contributed by atoms with Gasteiger partial charge in [-0.2, -0.15) is 0 Å². The second-order valence-corrected chi connectivity index (χ2v) is 2.88. The van der Waals surface area contributed by atoms with Crippen molar-refractivity contribution in [3.05, 3.63) is 22.7 Å². The molecule has 4 heteroatoms. The van der Waals surface area contributed by atoms with Crippen molar-refractivity contribution in [1.82, 2.24) is 0 Å². The summed E-state index contributed by atoms with van der Waals surface area (Å²) in [5.41, 5.74) is 4.28. The molecule has 0 spiro atoms. The number of nitrogens with one attached hydrogen (secondary N) is 1. The highest BCUT2D eigenvalue weighted by molar-refractivity contribution is 6.31. The average molecular weight is 187 g/mol. The van der Waals surface area contributed by atoms with Crippen LogP contribution in [0.2, 0.25) is 5.02 Å². The quantitative estimate of drug-likeness (QED) is 0.548. The molecule has 0 amide bonds. The molecule has 1 aromatic rings. The minimum atomic E-state index is 0.642. The average Bonchev–Trinajstić information content (AvgIpc) is 2.03. The Balaban J connectivity index is 3.24. The monoisotopic (exact) mass is 186 g/mol. The minimum Gasteiger partial charge on any atom is -0.494 e. The van der Waals surface area contributed by atoms with Crippen molar-refractivity contribution in [2.45, 2.75) is 6.92 Å². The molecular weight excluding hydrogens is 176 g/mol. The Bertz CT molecular complexity index is 289. The van der Waals surface area contributed by atoms with Crippen LogP contribution >= 0.6 is 11.6 Å². The van der Waals surface area contributed by atoms with E-state index in [4.69, 9.17) is 22.2 Å². The summed E-state index contributed by atoms with van der Waals surface area (Å²) < 4.78 is 5.07. The van der Waals surface area contributed by atoms with E-state index in [-0.39, 0.29) is 0 Å². The van der Waals surface area contributed by atoms with Gasteiger partial charge in [-0.15, -0.1) is 0 Å². The molecule has 0 atom stereocenters. The summed E-state index contributed by atoms with van der Waals surface area (Å²) >= 11 is 5.81. The molecule has 0 radical (unpaired) electrons. The van der Waals surface area contributed by atoms with Gasteiger partial charge in [-0.05, 0) is 18.6 Å². The molecule has 1 aromatic carbocycles. The normalized spacial score (nSPS) is 9.67. The molecule has 0 unspecified atom stereocenters. The van der Waals surface area contributed by atoms with Gasteiger partial charge in [-0.25, -0.2) is 0 Å². The summed E-state index contributed by atoms with van der Waals surface area (Å²) in [5, 5.41) is 0.642. The maximum absolute atomic E-state index is 5.81. The Labute approximate surface area is 76.4 Å². The number of hydrogen-bond donors (Lipinski definition) is 2. The number of nitrogen functional groups attached to an aromatic ring is 1. The molecule has 0 saturated carbocycles. The number of ether oxygens (including phenoxy) is 1. The van der Waals surface area contributed by atoms with E-state index in [9.17, 15) is 0 Å². The lowest BCUT2D eigenvalue weighted by Gasteiger charge is -2.10. The highest BCUT2D eigenvalue weighted by atomic mass is 35.5. The van der Waals surface area contributed by atoms with Crippen molar-refractivity contribution in [2.24, 2.45) is 5.84 Å². The first kappa shape index (κ1) is 9.16. The Morgan fingerprint density at radius 1 is 1.50 bits per heavy atom. The molecule has 0 aliphatic carbocycles. The van der Waals surface area contributed by atoms with Crippen LogP contribution in [0.4, 0.5) is 5.69 Å². The highest BCUT2D eigenvalue weighted by Gasteiger charge is 2.05. The van der Waals surface area contributed by atoms with Gasteiger partial charge in [0.25, 0.3) is 0 Å². The summed E-state index contributed by atoms with van der Waals surface area (Å²) in [4.78, 5) is 0. The van der Waals surface area contributed by atoms with Gasteiger partial charge in [0.15, 0.2) is 0 Å². The van der Waals surface area contributed by atoms with Crippen LogP contribution in [0.5, 0.6) is 5.75 Å². The van der Waals surface area contributed by atoms with Crippen LogP contribution in [0.25, 0.3) is 0 Å². The zero-order valence-corrected chi connectivity index (χ0v) is 7.77. The molecular formula is C8H11ClN2O. The predicted octanol–water partition coefficient (Wildman–Crippen LogP) is 1.94. The Hall–Kier alpha value is -0.930. The van der Waals surface area contributed by atoms with E-state index in [1.54, 1.807) is 13.2 Å². The molecule has 0 aromatic heterocycles. The zero-order valence-electron chi connectivity index (χ0n) is 7.02. The van der Waals surface area contributed by atoms with Crippen LogP contribution in [-0.2, 0) is 0 Å². The van der Waals surface area contributed by atoms with E-state index in [0.717, 1.165) is 11.3 Å². The van der Waals surface area contributed by atoms with Gasteiger partial charge in [0.05, 0.1) is 12.8 Å². The van der Waals surface area contributed by atoms with Gasteiger partial charge >= 0.3 is 0 Å². The molecule has 0 bridgehead atoms. The number of rotatable bonds is 2. The lowest BCUT2D eigenvalue weighted by molar-refractivity contribution is 0.416. The maximum atomic E-state index is 5.81. The van der Waals surface area contributed by atoms with Gasteiger partial charge in [0.1, 0.15) is 5.75 Å². The first-order valence-electron chi connectivity index (χ1n) is 3.49. The van der Waals surface area contributed by atoms with Gasteiger partial charge in [-0.3, -0.25) is 5.84 Å². The molecule has 1 rings (SSSR count). The molecule has 12 heavy (non-hydrogen) atoms. The fourth-order valence-electron chi connectivity index (χ4n) is 1.06. The molecule has 66 valence electrons. The van der Waals surface area contributed by atoms with Crippen molar-refractivity contribution >= 4 is 17.3 Å². The number of halogens is 1. The molecule has 0 aliphatic heterocycles. The maximum Gasteiger partial charge on any atom is 0.145 e. The van der Waals surface area contributed by atoms with E-state index >= 15 is 0 Å². The fraction of sp³-hybridized carbons (Fsp3) is 0.250. The van der Waals surface area contributed by atoms with Crippen LogP contribution < -0.4 is 16.0 Å². The lowest BCUT2D eigenvalue weighted by atomic mass is 10.2. The largest absolute Gasteiger partial charge is 0.494 e. The van der Waals surface area contributed by atoms with E-state index in [1.807, 2.05) is 13.0 Å². The van der Waals surface area contributed by atoms with Crippen molar-refractivity contribution in [3.63, 3.8) is 0 Å². The SMILES string of the molecule is COc1cc(Cl)cc(C)c1NN. The van der Waals surface area contributed by atoms with Crippen LogP contribution in [0.3, 0.4) is 0 Å². The third kappa shape index (κ3) is 1.62. The summed E-state index contributed by atoms with van der Waals surface area (Å²) in [6, 6.07) is 3.53. The van der Waals surface area contributed by atoms with Crippen molar-refractivity contribution in [3.8, 4) is 5.75 Å². The number of hydrazine groups is 1. The Morgan fingerprint density at radius 2 is 2.17 bits per heavy atom. The van der Waals surface area contributed by atoms with E-state index < -0.39 is 0 Å². The first-order chi connectivity index (χ1) is 5.69. The van der Waals surface area contributed by atoms with Crippen LogP contribution in [0.15, 0.2) is 12.1 Å². The van der Waals surface area contributed by atoms with Crippen LogP contribution in [0.1, 0.15) is 5.56 Å². The summed E-state index contributed by atoms with van der Waals surface area (Å²) in [6.45, 7) is 1.91. The smallest absolute Gasteiger partial charge is 0.145 e. The van der Waals surface area contributed by atoms with Gasteiger partial charge < -0.3 is 10.2 Å². The van der Waals surface area contributed by atoms with Gasteiger partial charge in [-0.1, -0.05) is 11.6 Å². The van der Waals surface area contributed by atoms with Crippen LogP contribution in [0, 0.1) is 6.92 Å². The van der Waals surface area contributed by atoms with Crippen molar-refractivity contribution in [1.29, 1.82) is 0 Å². The fourth-order valence-corrected chi connectivity index (χ4v) is 1.32. The number of methoxy groups -OCH3 is 1. The van der Waals surface area contributed by atoms with Gasteiger partial charge in [0.2, 0.25) is 0 Å². The highest BCUT2D eigenvalue weighted by Crippen LogP contribution is 2.30. The van der Waals surface area contributed by atoms with E-state index in [0.29, 0.717) is 10.8 Å². The molecule has 0 saturated heterocycles. The van der Waals surface area contributed by atoms with Crippen molar-refractivity contribution < 1.29 is 4.74 Å². The number of aryl methyl sites for hydroxylation is 1. The third-order valence-corrected chi connectivity index (χ3v) is 1.85. The second kappa shape index (κ2) is 3.65. The van der Waals surface area contributed by atoms with E-state index in [1.165, 1.54) is 0 Å². The Morgan fingerprint density at radius 3 is 2.67 bits per heavy atom. The summed E-state index contributed by atoms with van der Waals surface area (Å²) in [7, 11) is 1.58. The predicted molar refractivity (Wildman–Crippen MR) is 50.6 cm³/mol. The minimum absolute atomic E-state index is 0.642. The molecule has 3 N–H and O–H groups in total. The molecule has 0 heterocycles. The number of benzene rings is 1. The first-order valence-corrected chi connectivity index (χ1v) is 3.87. The number of nitrogens with two attached hydrogens (primary N) is 1. The number of hydrogen-bond acceptors (Lipinski definition) is 3. The standard InChI is InChI=1S/C8H11ClN2O/c1-5-3-6(9)4-7(12-2)8(5)11-10/h3-4,11H,10H2,1-2H3. The van der Waals surface area contributed by atoms with Gasteiger partial charge in [0, 0.05) is 11.1 Å². The third-order valence-electron chi connectivity index (χ3n) is 1.63. The topological polar surface area (TPSA) is 47.3 Å². The Kier molecular flexibility index (Phi) is 2.78. The lowest BCUT2D eigenvalue weighted by Crippen LogP contribution is -2.09. The number of anilines is 1. The summed E-state index contributed by atoms with van der Waals surface area (Å²) in [5.74, 6) is 5.96. The van der Waals surface area contributed by atoms with Crippen molar-refractivity contribution in [2.75, 3.05) is 12.5 Å². The molecule has 0 aliphatic rings. The second-order valence-electron chi connectivity index (χ2n) is 2.44. The zero-order chi connectivity index (χ0) is 9.14. The molecule has 0 fully saturated rings. The summed E-state index contributed by atoms with van der Waals surface area (Å²) in [6.07, 6.45) is 0. The van der Waals surface area contributed by atoms with E-state index in [2.05, 4.69) is 5.43 Å². The molecule has 3 nitrogen and oxygen atoms in total.